The molecule has 1 aromatic carbocycles. The van der Waals surface area contributed by atoms with E-state index in [1.54, 1.807) is 6.07 Å². The molecule has 0 bridgehead atoms. The fraction of sp³-hybridized carbons (Fsp3) is 0.500. The van der Waals surface area contributed by atoms with Gasteiger partial charge < -0.3 is 10.4 Å². The summed E-state index contributed by atoms with van der Waals surface area (Å²) >= 11 is 0. The van der Waals surface area contributed by atoms with Crippen molar-refractivity contribution in [2.45, 2.75) is 45.1 Å². The Morgan fingerprint density at radius 2 is 2.12 bits per heavy atom. The van der Waals surface area contributed by atoms with Crippen LogP contribution < -0.4 is 5.32 Å². The number of phenols is 1. The van der Waals surface area contributed by atoms with Crippen molar-refractivity contribution in [1.82, 2.24) is 5.32 Å². The summed E-state index contributed by atoms with van der Waals surface area (Å²) in [5, 5.41) is 12.7. The zero-order valence-corrected chi connectivity index (χ0v) is 10.2. The Morgan fingerprint density at radius 3 is 2.76 bits per heavy atom. The van der Waals surface area contributed by atoms with Crippen molar-refractivity contribution in [2.75, 3.05) is 0 Å². The molecular weight excluding hydrogens is 214 g/mol. The Morgan fingerprint density at radius 1 is 1.41 bits per heavy atom. The van der Waals surface area contributed by atoms with Crippen LogP contribution in [0.25, 0.3) is 0 Å². The maximum atomic E-state index is 11.0. The third kappa shape index (κ3) is 2.78. The van der Waals surface area contributed by atoms with Crippen LogP contribution in [0.15, 0.2) is 18.2 Å². The number of rotatable bonds is 3. The van der Waals surface area contributed by atoms with E-state index < -0.39 is 0 Å². The van der Waals surface area contributed by atoms with Gasteiger partial charge in [-0.1, -0.05) is 25.0 Å². The fourth-order valence-electron chi connectivity index (χ4n) is 2.62. The number of phenolic OH excluding ortho intramolecular Hbond substituents is 1. The third-order valence-corrected chi connectivity index (χ3v) is 3.50. The van der Waals surface area contributed by atoms with E-state index in [0.717, 1.165) is 5.56 Å². The molecule has 0 aliphatic heterocycles. The maximum absolute atomic E-state index is 11.0. The highest BCUT2D eigenvalue weighted by Crippen LogP contribution is 2.38. The number of aromatic hydroxyl groups is 1. The van der Waals surface area contributed by atoms with E-state index in [-0.39, 0.29) is 5.91 Å². The predicted molar refractivity (Wildman–Crippen MR) is 66.8 cm³/mol. The lowest BCUT2D eigenvalue weighted by molar-refractivity contribution is -0.119. The second-order valence-corrected chi connectivity index (χ2v) is 4.74. The number of benzene rings is 1. The highest BCUT2D eigenvalue weighted by Gasteiger charge is 2.21. The van der Waals surface area contributed by atoms with Gasteiger partial charge in [0.1, 0.15) is 5.75 Å². The van der Waals surface area contributed by atoms with E-state index in [1.165, 1.54) is 38.2 Å². The Kier molecular flexibility index (Phi) is 3.67. The van der Waals surface area contributed by atoms with Gasteiger partial charge in [0, 0.05) is 19.0 Å². The van der Waals surface area contributed by atoms with Gasteiger partial charge in [0.25, 0.3) is 0 Å². The van der Waals surface area contributed by atoms with E-state index in [1.807, 2.05) is 6.07 Å². The minimum absolute atomic E-state index is 0.0642. The van der Waals surface area contributed by atoms with E-state index in [2.05, 4.69) is 11.4 Å². The Labute approximate surface area is 102 Å². The number of hydrogen-bond donors (Lipinski definition) is 2. The number of nitrogens with one attached hydrogen (secondary N) is 1. The minimum atomic E-state index is -0.0642. The lowest BCUT2D eigenvalue weighted by Gasteiger charge is -2.16. The highest BCUT2D eigenvalue weighted by molar-refractivity contribution is 5.73. The van der Waals surface area contributed by atoms with E-state index in [0.29, 0.717) is 18.2 Å². The van der Waals surface area contributed by atoms with Crippen molar-refractivity contribution in [3.63, 3.8) is 0 Å². The largest absolute Gasteiger partial charge is 0.508 e. The molecular formula is C14H19NO2. The molecule has 1 aliphatic carbocycles. The number of amides is 1. The van der Waals surface area contributed by atoms with Gasteiger partial charge in [0.2, 0.25) is 5.91 Å². The monoisotopic (exact) mass is 233 g/mol. The van der Waals surface area contributed by atoms with Crippen LogP contribution >= 0.6 is 0 Å². The van der Waals surface area contributed by atoms with Crippen LogP contribution in [0.3, 0.4) is 0 Å². The number of carbonyl (C=O) groups excluding carboxylic acids is 1. The molecule has 0 aromatic heterocycles. The summed E-state index contributed by atoms with van der Waals surface area (Å²) in [7, 11) is 0. The molecule has 0 atom stereocenters. The molecule has 1 fully saturated rings. The lowest BCUT2D eigenvalue weighted by atomic mass is 9.92. The molecule has 0 unspecified atom stereocenters. The van der Waals surface area contributed by atoms with Crippen molar-refractivity contribution in [1.29, 1.82) is 0 Å². The summed E-state index contributed by atoms with van der Waals surface area (Å²) in [6.07, 6.45) is 4.91. The SMILES string of the molecule is CC(=O)NCc1c(O)cccc1C1CCCC1. The molecule has 0 heterocycles. The fourth-order valence-corrected chi connectivity index (χ4v) is 2.62. The third-order valence-electron chi connectivity index (χ3n) is 3.50. The highest BCUT2D eigenvalue weighted by atomic mass is 16.3. The molecule has 0 spiro atoms. The summed E-state index contributed by atoms with van der Waals surface area (Å²) in [5.41, 5.74) is 2.09. The summed E-state index contributed by atoms with van der Waals surface area (Å²) in [5.74, 6) is 0.777. The zero-order chi connectivity index (χ0) is 12.3. The Hall–Kier alpha value is -1.51. The van der Waals surface area contributed by atoms with Crippen molar-refractivity contribution >= 4 is 5.91 Å². The molecule has 2 N–H and O–H groups in total. The summed E-state index contributed by atoms with van der Waals surface area (Å²) in [6, 6.07) is 5.66. The molecule has 3 heteroatoms. The number of hydrogen-bond acceptors (Lipinski definition) is 2. The molecule has 1 amide bonds. The molecule has 1 aromatic rings. The van der Waals surface area contributed by atoms with Crippen LogP contribution in [0.5, 0.6) is 5.75 Å². The average Bonchev–Trinajstić information content (AvgIpc) is 2.80. The first-order chi connectivity index (χ1) is 8.18. The average molecular weight is 233 g/mol. The lowest BCUT2D eigenvalue weighted by Crippen LogP contribution is -2.20. The summed E-state index contributed by atoms with van der Waals surface area (Å²) < 4.78 is 0. The first kappa shape index (κ1) is 12.0. The first-order valence-corrected chi connectivity index (χ1v) is 6.23. The van der Waals surface area contributed by atoms with Crippen LogP contribution in [0.1, 0.15) is 49.7 Å². The van der Waals surface area contributed by atoms with E-state index in [4.69, 9.17) is 0 Å². The quantitative estimate of drug-likeness (QED) is 0.843. The number of carbonyl (C=O) groups is 1. The van der Waals surface area contributed by atoms with Crippen LogP contribution in [0, 0.1) is 0 Å². The molecule has 2 rings (SSSR count). The van der Waals surface area contributed by atoms with Crippen LogP contribution in [-0.2, 0) is 11.3 Å². The van der Waals surface area contributed by atoms with E-state index in [9.17, 15) is 9.90 Å². The second kappa shape index (κ2) is 5.21. The minimum Gasteiger partial charge on any atom is -0.508 e. The van der Waals surface area contributed by atoms with Crippen molar-refractivity contribution in [2.24, 2.45) is 0 Å². The second-order valence-electron chi connectivity index (χ2n) is 4.74. The van der Waals surface area contributed by atoms with Gasteiger partial charge >= 0.3 is 0 Å². The molecule has 1 saturated carbocycles. The van der Waals surface area contributed by atoms with Gasteiger partial charge in [-0.2, -0.15) is 0 Å². The standard InChI is InChI=1S/C14H19NO2/c1-10(16)15-9-13-12(7-4-8-14(13)17)11-5-2-3-6-11/h4,7-8,11,17H,2-3,5-6,9H2,1H3,(H,15,16). The van der Waals surface area contributed by atoms with Gasteiger partial charge in [-0.3, -0.25) is 4.79 Å². The summed E-state index contributed by atoms with van der Waals surface area (Å²) in [6.45, 7) is 1.92. The van der Waals surface area contributed by atoms with Crippen molar-refractivity contribution in [3.05, 3.63) is 29.3 Å². The van der Waals surface area contributed by atoms with Gasteiger partial charge in [-0.25, -0.2) is 0 Å². The molecule has 0 saturated heterocycles. The van der Waals surface area contributed by atoms with E-state index >= 15 is 0 Å². The van der Waals surface area contributed by atoms with Crippen molar-refractivity contribution in [3.8, 4) is 5.75 Å². The van der Waals surface area contributed by atoms with Crippen LogP contribution in [0.4, 0.5) is 0 Å². The topological polar surface area (TPSA) is 49.3 Å². The van der Waals surface area contributed by atoms with Gasteiger partial charge in [-0.15, -0.1) is 0 Å². The van der Waals surface area contributed by atoms with Gasteiger partial charge in [0.05, 0.1) is 0 Å². The molecule has 3 nitrogen and oxygen atoms in total. The Balaban J connectivity index is 2.23. The van der Waals surface area contributed by atoms with Crippen LogP contribution in [0.2, 0.25) is 0 Å². The molecule has 0 radical (unpaired) electrons. The molecule has 1 aliphatic rings. The first-order valence-electron chi connectivity index (χ1n) is 6.23. The maximum Gasteiger partial charge on any atom is 0.217 e. The Bertz CT molecular complexity index is 409. The molecule has 17 heavy (non-hydrogen) atoms. The smallest absolute Gasteiger partial charge is 0.217 e. The van der Waals surface area contributed by atoms with Crippen LogP contribution in [-0.4, -0.2) is 11.0 Å². The van der Waals surface area contributed by atoms with Gasteiger partial charge in [-0.05, 0) is 30.4 Å². The summed E-state index contributed by atoms with van der Waals surface area (Å²) in [4.78, 5) is 11.0. The predicted octanol–water partition coefficient (Wildman–Crippen LogP) is 2.69. The normalized spacial score (nSPS) is 16.1. The zero-order valence-electron chi connectivity index (χ0n) is 10.2. The van der Waals surface area contributed by atoms with Gasteiger partial charge in [0.15, 0.2) is 0 Å². The van der Waals surface area contributed by atoms with Crippen molar-refractivity contribution < 1.29 is 9.90 Å². The molecule has 92 valence electrons.